The van der Waals surface area contributed by atoms with Crippen LogP contribution in [0.25, 0.3) is 0 Å². The van der Waals surface area contributed by atoms with Gasteiger partial charge in [0.2, 0.25) is 0 Å². The fraction of sp³-hybridized carbons (Fsp3) is 0.733. The minimum Gasteiger partial charge on any atom is -0.350 e. The molecule has 7 heteroatoms. The standard InChI is InChI=1S/C15H20F3N3O/c16-15(17,18)10-21-12(5-8-20-21)13(22)19-9-14(6-2-7-14)11-3-1-4-11/h5,8,11H,1-4,6-7,9-10H2,(H,19,22). The van der Waals surface area contributed by atoms with Gasteiger partial charge in [0.25, 0.3) is 5.91 Å². The van der Waals surface area contributed by atoms with E-state index in [9.17, 15) is 18.0 Å². The number of amides is 1. The second-order valence-electron chi connectivity index (χ2n) is 6.52. The number of carbonyl (C=O) groups is 1. The van der Waals surface area contributed by atoms with Crippen LogP contribution in [0.2, 0.25) is 0 Å². The van der Waals surface area contributed by atoms with Crippen LogP contribution in [-0.2, 0) is 6.54 Å². The number of nitrogens with one attached hydrogen (secondary N) is 1. The second kappa shape index (κ2) is 5.59. The van der Waals surface area contributed by atoms with Gasteiger partial charge in [0.05, 0.1) is 0 Å². The number of halogens is 3. The van der Waals surface area contributed by atoms with Crippen LogP contribution in [0.4, 0.5) is 13.2 Å². The molecule has 2 aliphatic carbocycles. The Morgan fingerprint density at radius 3 is 2.59 bits per heavy atom. The number of carbonyl (C=O) groups excluding carboxylic acids is 1. The summed E-state index contributed by atoms with van der Waals surface area (Å²) in [5, 5.41) is 6.44. The molecule has 2 saturated carbocycles. The lowest BCUT2D eigenvalue weighted by Gasteiger charge is -2.51. The molecule has 0 unspecified atom stereocenters. The number of rotatable bonds is 5. The summed E-state index contributed by atoms with van der Waals surface area (Å²) in [6.07, 6.45) is 3.91. The Kier molecular flexibility index (Phi) is 3.91. The number of hydrogen-bond acceptors (Lipinski definition) is 2. The van der Waals surface area contributed by atoms with Gasteiger partial charge in [-0.15, -0.1) is 0 Å². The van der Waals surface area contributed by atoms with Crippen LogP contribution in [-0.4, -0.2) is 28.4 Å². The van der Waals surface area contributed by atoms with Crippen molar-refractivity contribution in [3.63, 3.8) is 0 Å². The summed E-state index contributed by atoms with van der Waals surface area (Å²) in [6, 6.07) is 1.33. The third-order valence-electron chi connectivity index (χ3n) is 5.20. The summed E-state index contributed by atoms with van der Waals surface area (Å²) in [5.74, 6) is 0.203. The van der Waals surface area contributed by atoms with Crippen molar-refractivity contribution in [2.75, 3.05) is 6.54 Å². The summed E-state index contributed by atoms with van der Waals surface area (Å²) in [7, 11) is 0. The smallest absolute Gasteiger partial charge is 0.350 e. The van der Waals surface area contributed by atoms with E-state index in [4.69, 9.17) is 0 Å². The molecule has 3 rings (SSSR count). The van der Waals surface area contributed by atoms with Crippen molar-refractivity contribution in [2.24, 2.45) is 11.3 Å². The van der Waals surface area contributed by atoms with Crippen LogP contribution in [0, 0.1) is 11.3 Å². The molecule has 1 aromatic heterocycles. The number of alkyl halides is 3. The van der Waals surface area contributed by atoms with Gasteiger partial charge in [-0.05, 0) is 43.1 Å². The van der Waals surface area contributed by atoms with Gasteiger partial charge in [0.15, 0.2) is 0 Å². The van der Waals surface area contributed by atoms with E-state index >= 15 is 0 Å². The Balaban J connectivity index is 1.61. The molecule has 22 heavy (non-hydrogen) atoms. The molecule has 122 valence electrons. The topological polar surface area (TPSA) is 46.9 Å². The average Bonchev–Trinajstić information content (AvgIpc) is 2.75. The zero-order chi connectivity index (χ0) is 15.8. The van der Waals surface area contributed by atoms with E-state index in [2.05, 4.69) is 10.4 Å². The van der Waals surface area contributed by atoms with E-state index in [0.29, 0.717) is 17.1 Å². The van der Waals surface area contributed by atoms with Crippen molar-refractivity contribution in [2.45, 2.75) is 51.2 Å². The maximum absolute atomic E-state index is 12.5. The van der Waals surface area contributed by atoms with Crippen LogP contribution in [0.1, 0.15) is 49.0 Å². The maximum Gasteiger partial charge on any atom is 0.408 e. The summed E-state index contributed by atoms with van der Waals surface area (Å²) in [6.45, 7) is -0.676. The summed E-state index contributed by atoms with van der Waals surface area (Å²) >= 11 is 0. The van der Waals surface area contributed by atoms with Crippen LogP contribution in [0.5, 0.6) is 0 Å². The highest BCUT2D eigenvalue weighted by Gasteiger charge is 2.46. The molecular formula is C15H20F3N3O. The van der Waals surface area contributed by atoms with Crippen LogP contribution in [0.3, 0.4) is 0 Å². The molecule has 0 aromatic carbocycles. The van der Waals surface area contributed by atoms with Gasteiger partial charge < -0.3 is 5.32 Å². The van der Waals surface area contributed by atoms with Crippen molar-refractivity contribution in [3.05, 3.63) is 18.0 Å². The molecule has 1 amide bonds. The lowest BCUT2D eigenvalue weighted by atomic mass is 9.55. The molecule has 4 nitrogen and oxygen atoms in total. The Labute approximate surface area is 127 Å². The third-order valence-corrected chi connectivity index (χ3v) is 5.20. The van der Waals surface area contributed by atoms with E-state index in [1.54, 1.807) is 0 Å². The van der Waals surface area contributed by atoms with Gasteiger partial charge in [-0.3, -0.25) is 9.48 Å². The highest BCUT2D eigenvalue weighted by atomic mass is 19.4. The van der Waals surface area contributed by atoms with E-state index in [1.807, 2.05) is 0 Å². The summed E-state index contributed by atoms with van der Waals surface area (Å²) in [4.78, 5) is 12.2. The molecule has 1 N–H and O–H groups in total. The average molecular weight is 315 g/mol. The lowest BCUT2D eigenvalue weighted by molar-refractivity contribution is -0.142. The molecular weight excluding hydrogens is 295 g/mol. The van der Waals surface area contributed by atoms with Gasteiger partial charge in [-0.1, -0.05) is 12.8 Å². The predicted octanol–water partition coefficient (Wildman–Crippen LogP) is 3.15. The third kappa shape index (κ3) is 2.98. The summed E-state index contributed by atoms with van der Waals surface area (Å²) < 4.78 is 38.1. The lowest BCUT2D eigenvalue weighted by Crippen LogP contribution is -2.49. The fourth-order valence-electron chi connectivity index (χ4n) is 3.55. The molecule has 0 spiro atoms. The van der Waals surface area contributed by atoms with Crippen molar-refractivity contribution in [1.29, 1.82) is 0 Å². The Bertz CT molecular complexity index is 544. The van der Waals surface area contributed by atoms with E-state index in [0.717, 1.165) is 12.8 Å². The highest BCUT2D eigenvalue weighted by molar-refractivity contribution is 5.92. The second-order valence-corrected chi connectivity index (χ2v) is 6.52. The molecule has 1 aromatic rings. The molecule has 0 bridgehead atoms. The van der Waals surface area contributed by atoms with Crippen LogP contribution >= 0.6 is 0 Å². The minimum atomic E-state index is -4.39. The molecule has 2 fully saturated rings. The summed E-state index contributed by atoms with van der Waals surface area (Å²) in [5.41, 5.74) is 0.156. The molecule has 0 atom stereocenters. The number of nitrogens with zero attached hydrogens (tertiary/aromatic N) is 2. The molecule has 2 aliphatic rings. The van der Waals surface area contributed by atoms with Crippen molar-refractivity contribution in [3.8, 4) is 0 Å². The predicted molar refractivity (Wildman–Crippen MR) is 74.2 cm³/mol. The number of aromatic nitrogens is 2. The fourth-order valence-corrected chi connectivity index (χ4v) is 3.55. The maximum atomic E-state index is 12.5. The quantitative estimate of drug-likeness (QED) is 0.907. The molecule has 0 saturated heterocycles. The minimum absolute atomic E-state index is 0.0274. The Morgan fingerprint density at radius 2 is 2.09 bits per heavy atom. The van der Waals surface area contributed by atoms with E-state index in [1.165, 1.54) is 37.9 Å². The monoisotopic (exact) mass is 315 g/mol. The zero-order valence-electron chi connectivity index (χ0n) is 12.3. The first-order chi connectivity index (χ1) is 10.4. The molecule has 0 radical (unpaired) electrons. The van der Waals surface area contributed by atoms with Gasteiger partial charge in [-0.2, -0.15) is 18.3 Å². The largest absolute Gasteiger partial charge is 0.408 e. The van der Waals surface area contributed by atoms with Crippen LogP contribution < -0.4 is 5.32 Å². The van der Waals surface area contributed by atoms with Gasteiger partial charge in [0, 0.05) is 12.7 Å². The highest BCUT2D eigenvalue weighted by Crippen LogP contribution is 2.53. The van der Waals surface area contributed by atoms with Crippen molar-refractivity contribution >= 4 is 5.91 Å². The molecule has 0 aliphatic heterocycles. The van der Waals surface area contributed by atoms with Gasteiger partial charge >= 0.3 is 6.18 Å². The van der Waals surface area contributed by atoms with Crippen LogP contribution in [0.15, 0.2) is 12.3 Å². The first-order valence-corrected chi connectivity index (χ1v) is 7.76. The zero-order valence-corrected chi connectivity index (χ0v) is 12.3. The van der Waals surface area contributed by atoms with Gasteiger partial charge in [0.1, 0.15) is 12.2 Å². The number of hydrogen-bond donors (Lipinski definition) is 1. The van der Waals surface area contributed by atoms with Gasteiger partial charge in [-0.25, -0.2) is 0 Å². The van der Waals surface area contributed by atoms with Crippen molar-refractivity contribution < 1.29 is 18.0 Å². The molecule has 1 heterocycles. The Morgan fingerprint density at radius 1 is 1.36 bits per heavy atom. The Hall–Kier alpha value is -1.53. The normalized spacial score (nSPS) is 21.0. The SMILES string of the molecule is O=C(NCC1(C2CCC2)CCC1)c1ccnn1CC(F)(F)F. The van der Waals surface area contributed by atoms with Crippen molar-refractivity contribution in [1.82, 2.24) is 15.1 Å². The first-order valence-electron chi connectivity index (χ1n) is 7.76. The first kappa shape index (κ1) is 15.4. The van der Waals surface area contributed by atoms with E-state index < -0.39 is 18.6 Å². The van der Waals surface area contributed by atoms with E-state index in [-0.39, 0.29) is 11.1 Å².